The van der Waals surface area contributed by atoms with Gasteiger partial charge in [-0.2, -0.15) is 0 Å². The van der Waals surface area contributed by atoms with Crippen LogP contribution < -0.4 is 0 Å². The first kappa shape index (κ1) is 13.6. The van der Waals surface area contributed by atoms with Crippen molar-refractivity contribution < 1.29 is 24.9 Å². The van der Waals surface area contributed by atoms with Gasteiger partial charge < -0.3 is 15.3 Å². The minimum atomic E-state index is -1.22. The molecule has 5 nitrogen and oxygen atoms in total. The minimum absolute atomic E-state index is 0.0586. The van der Waals surface area contributed by atoms with Gasteiger partial charge in [0.15, 0.2) is 0 Å². The molecule has 0 saturated carbocycles. The average Bonchev–Trinajstić information content (AvgIpc) is 2.37. The zero-order chi connectivity index (χ0) is 14.9. The summed E-state index contributed by atoms with van der Waals surface area (Å²) in [5.41, 5.74) is 0.722. The number of rotatable bonds is 3. The summed E-state index contributed by atoms with van der Waals surface area (Å²) in [5, 5.41) is 28.1. The minimum Gasteiger partial charge on any atom is -0.508 e. The fourth-order valence-corrected chi connectivity index (χ4v) is 2.12. The van der Waals surface area contributed by atoms with E-state index in [-0.39, 0.29) is 22.4 Å². The maximum atomic E-state index is 11.4. The average molecular weight is 272 g/mol. The molecule has 0 aromatic heterocycles. The van der Waals surface area contributed by atoms with Crippen LogP contribution in [-0.2, 0) is 0 Å². The van der Waals surface area contributed by atoms with Crippen LogP contribution in [0.1, 0.15) is 26.3 Å². The van der Waals surface area contributed by atoms with Crippen molar-refractivity contribution in [3.8, 4) is 16.9 Å². The van der Waals surface area contributed by atoms with Crippen LogP contribution in [0.4, 0.5) is 0 Å². The second kappa shape index (κ2) is 5.05. The van der Waals surface area contributed by atoms with Crippen molar-refractivity contribution in [2.45, 2.75) is 6.92 Å². The summed E-state index contributed by atoms with van der Waals surface area (Å²) in [7, 11) is 0. The maximum absolute atomic E-state index is 11.4. The predicted molar refractivity (Wildman–Crippen MR) is 72.2 cm³/mol. The number of carboxylic acid groups (broad SMARTS) is 2. The van der Waals surface area contributed by atoms with Gasteiger partial charge in [0, 0.05) is 5.56 Å². The number of hydrogen-bond acceptors (Lipinski definition) is 3. The monoisotopic (exact) mass is 272 g/mol. The van der Waals surface area contributed by atoms with E-state index in [4.69, 9.17) is 0 Å². The van der Waals surface area contributed by atoms with Gasteiger partial charge in [-0.25, -0.2) is 9.59 Å². The Morgan fingerprint density at radius 1 is 1.00 bits per heavy atom. The Morgan fingerprint density at radius 3 is 2.25 bits per heavy atom. The molecular weight excluding hydrogens is 260 g/mol. The predicted octanol–water partition coefficient (Wildman–Crippen LogP) is 2.76. The summed E-state index contributed by atoms with van der Waals surface area (Å²) in [6.45, 7) is 1.60. The summed E-state index contributed by atoms with van der Waals surface area (Å²) in [6, 6.07) is 8.69. The van der Waals surface area contributed by atoms with Gasteiger partial charge in [-0.15, -0.1) is 0 Å². The van der Waals surface area contributed by atoms with E-state index in [2.05, 4.69) is 0 Å². The smallest absolute Gasteiger partial charge is 0.336 e. The number of phenols is 1. The van der Waals surface area contributed by atoms with E-state index in [1.54, 1.807) is 13.0 Å². The van der Waals surface area contributed by atoms with E-state index >= 15 is 0 Å². The Balaban J connectivity index is 2.87. The summed E-state index contributed by atoms with van der Waals surface area (Å²) in [6.07, 6.45) is 0. The highest BCUT2D eigenvalue weighted by atomic mass is 16.4. The van der Waals surface area contributed by atoms with Crippen LogP contribution in [0, 0.1) is 6.92 Å². The highest BCUT2D eigenvalue weighted by Crippen LogP contribution is 2.32. The number of aromatic hydroxyl groups is 1. The highest BCUT2D eigenvalue weighted by Gasteiger charge is 2.22. The standard InChI is InChI=1S/C15H12O5/c1-8-5-6-11(14(17)18)13(12(8)15(19)20)9-3-2-4-10(16)7-9/h2-7,16H,1H3,(H,17,18)(H,19,20). The Kier molecular flexibility index (Phi) is 3.43. The Labute approximate surface area is 114 Å². The molecule has 2 rings (SSSR count). The van der Waals surface area contributed by atoms with Crippen LogP contribution in [0.25, 0.3) is 11.1 Å². The third-order valence-corrected chi connectivity index (χ3v) is 2.99. The summed E-state index contributed by atoms with van der Waals surface area (Å²) >= 11 is 0. The van der Waals surface area contributed by atoms with E-state index in [1.165, 1.54) is 30.3 Å². The topological polar surface area (TPSA) is 94.8 Å². The van der Waals surface area contributed by atoms with Crippen LogP contribution in [0.3, 0.4) is 0 Å². The molecule has 0 fully saturated rings. The van der Waals surface area contributed by atoms with E-state index in [0.29, 0.717) is 11.1 Å². The van der Waals surface area contributed by atoms with E-state index in [9.17, 15) is 24.9 Å². The fourth-order valence-electron chi connectivity index (χ4n) is 2.12. The number of carboxylic acids is 2. The van der Waals surface area contributed by atoms with Gasteiger partial charge in [0.1, 0.15) is 5.75 Å². The zero-order valence-corrected chi connectivity index (χ0v) is 10.6. The van der Waals surface area contributed by atoms with Gasteiger partial charge in [-0.3, -0.25) is 0 Å². The molecule has 0 aliphatic rings. The van der Waals surface area contributed by atoms with Crippen LogP contribution >= 0.6 is 0 Å². The molecule has 0 saturated heterocycles. The number of phenolic OH excluding ortho intramolecular Hbond substituents is 1. The summed E-state index contributed by atoms with van der Waals surface area (Å²) < 4.78 is 0. The van der Waals surface area contributed by atoms with Crippen LogP contribution in [0.5, 0.6) is 5.75 Å². The van der Waals surface area contributed by atoms with Crippen LogP contribution in [0.15, 0.2) is 36.4 Å². The molecule has 0 bridgehead atoms. The third kappa shape index (κ3) is 2.33. The first-order valence-electron chi connectivity index (χ1n) is 5.81. The van der Waals surface area contributed by atoms with Gasteiger partial charge in [0.25, 0.3) is 0 Å². The van der Waals surface area contributed by atoms with Crippen molar-refractivity contribution in [3.05, 3.63) is 53.1 Å². The second-order valence-corrected chi connectivity index (χ2v) is 4.34. The summed E-state index contributed by atoms with van der Waals surface area (Å²) in [4.78, 5) is 22.7. The second-order valence-electron chi connectivity index (χ2n) is 4.34. The Hall–Kier alpha value is -2.82. The van der Waals surface area contributed by atoms with Crippen molar-refractivity contribution in [3.63, 3.8) is 0 Å². The van der Waals surface area contributed by atoms with Crippen molar-refractivity contribution in [2.75, 3.05) is 0 Å². The lowest BCUT2D eigenvalue weighted by Gasteiger charge is -2.13. The normalized spacial score (nSPS) is 10.2. The lowest BCUT2D eigenvalue weighted by Crippen LogP contribution is -2.09. The van der Waals surface area contributed by atoms with Crippen molar-refractivity contribution in [1.82, 2.24) is 0 Å². The van der Waals surface area contributed by atoms with Crippen molar-refractivity contribution in [1.29, 1.82) is 0 Å². The zero-order valence-electron chi connectivity index (χ0n) is 10.6. The van der Waals surface area contributed by atoms with Gasteiger partial charge in [-0.1, -0.05) is 18.2 Å². The van der Waals surface area contributed by atoms with Gasteiger partial charge in [0.05, 0.1) is 11.1 Å². The molecule has 3 N–H and O–H groups in total. The SMILES string of the molecule is Cc1ccc(C(=O)O)c(-c2cccc(O)c2)c1C(=O)O. The number of aryl methyl sites for hydroxylation is 1. The van der Waals surface area contributed by atoms with E-state index in [0.717, 1.165) is 0 Å². The van der Waals surface area contributed by atoms with Crippen molar-refractivity contribution in [2.24, 2.45) is 0 Å². The molecule has 0 aliphatic heterocycles. The number of benzene rings is 2. The van der Waals surface area contributed by atoms with Crippen molar-refractivity contribution >= 4 is 11.9 Å². The molecule has 0 amide bonds. The Morgan fingerprint density at radius 2 is 1.70 bits per heavy atom. The molecule has 0 aliphatic carbocycles. The Bertz CT molecular complexity index is 703. The lowest BCUT2D eigenvalue weighted by atomic mass is 9.91. The quantitative estimate of drug-likeness (QED) is 0.798. The lowest BCUT2D eigenvalue weighted by molar-refractivity contribution is 0.0695. The molecule has 0 heterocycles. The molecule has 2 aromatic rings. The molecule has 0 atom stereocenters. The van der Waals surface area contributed by atoms with Crippen LogP contribution in [-0.4, -0.2) is 27.3 Å². The molecule has 5 heteroatoms. The molecular formula is C15H12O5. The number of carbonyl (C=O) groups is 2. The first-order valence-corrected chi connectivity index (χ1v) is 5.81. The van der Waals surface area contributed by atoms with Gasteiger partial charge >= 0.3 is 11.9 Å². The number of aromatic carboxylic acids is 2. The fraction of sp³-hybridized carbons (Fsp3) is 0.0667. The maximum Gasteiger partial charge on any atom is 0.336 e. The molecule has 102 valence electrons. The first-order chi connectivity index (χ1) is 9.41. The van der Waals surface area contributed by atoms with E-state index in [1.807, 2.05) is 0 Å². The van der Waals surface area contributed by atoms with Gasteiger partial charge in [0.2, 0.25) is 0 Å². The third-order valence-electron chi connectivity index (χ3n) is 2.99. The van der Waals surface area contributed by atoms with Crippen LogP contribution in [0.2, 0.25) is 0 Å². The number of hydrogen-bond donors (Lipinski definition) is 3. The highest BCUT2D eigenvalue weighted by molar-refractivity contribution is 6.05. The largest absolute Gasteiger partial charge is 0.508 e. The molecule has 0 unspecified atom stereocenters. The molecule has 20 heavy (non-hydrogen) atoms. The molecule has 0 spiro atoms. The molecule has 0 radical (unpaired) electrons. The van der Waals surface area contributed by atoms with E-state index < -0.39 is 11.9 Å². The molecule has 2 aromatic carbocycles. The van der Waals surface area contributed by atoms with Gasteiger partial charge in [-0.05, 0) is 36.2 Å². The summed E-state index contributed by atoms with van der Waals surface area (Å²) in [5.74, 6) is -2.48.